The zero-order valence-electron chi connectivity index (χ0n) is 23.2. The number of methoxy groups -OCH3 is 3. The lowest BCUT2D eigenvalue weighted by atomic mass is 10.1. The van der Waals surface area contributed by atoms with E-state index in [1.807, 2.05) is 6.92 Å². The summed E-state index contributed by atoms with van der Waals surface area (Å²) < 4.78 is 26.7. The van der Waals surface area contributed by atoms with Crippen LogP contribution in [0.1, 0.15) is 21.7 Å². The summed E-state index contributed by atoms with van der Waals surface area (Å²) in [6.07, 6.45) is 0. The van der Waals surface area contributed by atoms with Crippen LogP contribution in [0.25, 0.3) is 22.2 Å². The summed E-state index contributed by atoms with van der Waals surface area (Å²) in [5.74, 6) is 1.41. The van der Waals surface area contributed by atoms with E-state index in [1.54, 1.807) is 37.3 Å². The number of thiazole rings is 1. The second kappa shape index (κ2) is 11.6. The van der Waals surface area contributed by atoms with E-state index >= 15 is 0 Å². The number of nitrogens with one attached hydrogen (secondary N) is 2. The Morgan fingerprint density at radius 1 is 0.952 bits per heavy atom. The van der Waals surface area contributed by atoms with Crippen LogP contribution in [0.15, 0.2) is 56.2 Å². The van der Waals surface area contributed by atoms with Crippen LogP contribution >= 0.6 is 11.3 Å². The standard InChI is InChI=1S/C28H26N6O7S/c1-13-8-20(40-21(35)9-13)26(36)30-15-7-6-14(2)17(10-15)25-33-27(41-34-25)23-24(29)32-28(42-23)31-16-11-18(37-3)22(39-5)19(12-16)38-4/h6-12H,29H2,1-5H3,(H,30,36)(H,31,32). The van der Waals surface area contributed by atoms with Gasteiger partial charge in [0.25, 0.3) is 11.8 Å². The van der Waals surface area contributed by atoms with Gasteiger partial charge in [0.1, 0.15) is 10.7 Å². The lowest BCUT2D eigenvalue weighted by Crippen LogP contribution is -2.15. The summed E-state index contributed by atoms with van der Waals surface area (Å²) in [5, 5.41) is 10.5. The summed E-state index contributed by atoms with van der Waals surface area (Å²) in [7, 11) is 4.59. The Kier molecular flexibility index (Phi) is 7.80. The summed E-state index contributed by atoms with van der Waals surface area (Å²) in [5.41, 5.74) is 8.75. The number of hydrogen-bond donors (Lipinski definition) is 3. The SMILES string of the molecule is COc1cc(Nc2nc(N)c(-c3nc(-c4cc(NC(=O)c5cc(C)cc(=O)o5)ccc4C)no3)s2)cc(OC)c1OC. The van der Waals surface area contributed by atoms with E-state index in [1.165, 1.54) is 44.8 Å². The van der Waals surface area contributed by atoms with Gasteiger partial charge in [0.15, 0.2) is 22.4 Å². The Balaban J connectivity index is 1.38. The number of amides is 1. The van der Waals surface area contributed by atoms with Crippen LogP contribution in [0.3, 0.4) is 0 Å². The molecule has 3 aromatic heterocycles. The third-order valence-corrected chi connectivity index (χ3v) is 7.04. The number of aryl methyl sites for hydroxylation is 2. The molecule has 0 radical (unpaired) electrons. The largest absolute Gasteiger partial charge is 0.493 e. The van der Waals surface area contributed by atoms with Crippen LogP contribution in [0.2, 0.25) is 0 Å². The Morgan fingerprint density at radius 2 is 1.69 bits per heavy atom. The second-order valence-electron chi connectivity index (χ2n) is 9.00. The molecule has 0 unspecified atom stereocenters. The average Bonchev–Trinajstić information content (AvgIpc) is 3.59. The number of hydrogen-bond acceptors (Lipinski definition) is 13. The zero-order valence-corrected chi connectivity index (χ0v) is 24.0. The van der Waals surface area contributed by atoms with E-state index in [9.17, 15) is 9.59 Å². The highest BCUT2D eigenvalue weighted by Gasteiger charge is 2.21. The Labute approximate surface area is 243 Å². The van der Waals surface area contributed by atoms with Crippen LogP contribution in [-0.2, 0) is 0 Å². The normalized spacial score (nSPS) is 10.8. The van der Waals surface area contributed by atoms with Crippen molar-refractivity contribution in [3.05, 3.63) is 69.8 Å². The van der Waals surface area contributed by atoms with Gasteiger partial charge in [0, 0.05) is 35.1 Å². The number of ether oxygens (including phenoxy) is 3. The Hall–Kier alpha value is -5.37. The molecule has 1 amide bonds. The quantitative estimate of drug-likeness (QED) is 0.209. The van der Waals surface area contributed by atoms with Crippen molar-refractivity contribution in [2.24, 2.45) is 0 Å². The molecule has 13 nitrogen and oxygen atoms in total. The van der Waals surface area contributed by atoms with Gasteiger partial charge in [-0.05, 0) is 43.2 Å². The molecule has 0 bridgehead atoms. The predicted molar refractivity (Wildman–Crippen MR) is 157 cm³/mol. The highest BCUT2D eigenvalue weighted by Crippen LogP contribution is 2.42. The topological polar surface area (TPSA) is 177 Å². The van der Waals surface area contributed by atoms with Crippen LogP contribution in [0.5, 0.6) is 17.2 Å². The molecule has 5 aromatic rings. The first-order chi connectivity index (χ1) is 20.2. The average molecular weight is 591 g/mol. The molecule has 0 saturated heterocycles. The summed E-state index contributed by atoms with van der Waals surface area (Å²) in [6, 6.07) is 11.5. The number of carbonyl (C=O) groups is 1. The third kappa shape index (κ3) is 5.74. The minimum atomic E-state index is -0.603. The van der Waals surface area contributed by atoms with Crippen LogP contribution in [0.4, 0.5) is 22.3 Å². The van der Waals surface area contributed by atoms with Gasteiger partial charge in [-0.1, -0.05) is 22.6 Å². The van der Waals surface area contributed by atoms with Gasteiger partial charge in [-0.25, -0.2) is 9.78 Å². The lowest BCUT2D eigenvalue weighted by Gasteiger charge is -2.14. The molecule has 2 aromatic carbocycles. The van der Waals surface area contributed by atoms with Gasteiger partial charge in [-0.3, -0.25) is 4.79 Å². The Morgan fingerprint density at radius 3 is 2.36 bits per heavy atom. The molecule has 0 aliphatic heterocycles. The van der Waals surface area contributed by atoms with E-state index in [0.717, 1.165) is 5.56 Å². The first-order valence-electron chi connectivity index (χ1n) is 12.4. The number of aromatic nitrogens is 3. The van der Waals surface area contributed by atoms with Crippen molar-refractivity contribution < 1.29 is 27.9 Å². The number of nitrogens with two attached hydrogens (primary N) is 1. The van der Waals surface area contributed by atoms with Crippen molar-refractivity contribution in [3.8, 4) is 39.4 Å². The van der Waals surface area contributed by atoms with Crippen LogP contribution in [-0.4, -0.2) is 42.4 Å². The number of rotatable bonds is 9. The fourth-order valence-corrected chi connectivity index (χ4v) is 4.91. The second-order valence-corrected chi connectivity index (χ2v) is 10.00. The summed E-state index contributed by atoms with van der Waals surface area (Å²) in [4.78, 5) is 33.7. The van der Waals surface area contributed by atoms with E-state index in [2.05, 4.69) is 25.8 Å². The van der Waals surface area contributed by atoms with Crippen molar-refractivity contribution in [2.45, 2.75) is 13.8 Å². The molecule has 14 heteroatoms. The van der Waals surface area contributed by atoms with E-state index in [4.69, 9.17) is 28.9 Å². The van der Waals surface area contributed by atoms with Crippen molar-refractivity contribution in [2.75, 3.05) is 37.7 Å². The van der Waals surface area contributed by atoms with Crippen molar-refractivity contribution in [1.82, 2.24) is 15.1 Å². The minimum Gasteiger partial charge on any atom is -0.493 e. The minimum absolute atomic E-state index is 0.0967. The molecular formula is C28H26N6O7S. The molecule has 0 fully saturated rings. The number of anilines is 4. The maximum atomic E-state index is 12.7. The maximum absolute atomic E-state index is 12.7. The molecule has 0 aliphatic rings. The van der Waals surface area contributed by atoms with E-state index in [0.29, 0.717) is 49.8 Å². The number of carbonyl (C=O) groups excluding carboxylic acids is 1. The van der Waals surface area contributed by atoms with Crippen LogP contribution < -0.4 is 36.2 Å². The van der Waals surface area contributed by atoms with E-state index < -0.39 is 11.5 Å². The zero-order chi connectivity index (χ0) is 30.0. The number of nitrogen functional groups attached to an aromatic ring is 1. The highest BCUT2D eigenvalue weighted by molar-refractivity contribution is 7.19. The number of benzene rings is 2. The predicted octanol–water partition coefficient (Wildman–Crippen LogP) is 5.03. The summed E-state index contributed by atoms with van der Waals surface area (Å²) in [6.45, 7) is 3.57. The monoisotopic (exact) mass is 590 g/mol. The van der Waals surface area contributed by atoms with Crippen molar-refractivity contribution in [3.63, 3.8) is 0 Å². The maximum Gasteiger partial charge on any atom is 0.336 e. The molecule has 0 saturated carbocycles. The van der Waals surface area contributed by atoms with Gasteiger partial charge < -0.3 is 39.5 Å². The van der Waals surface area contributed by atoms with Gasteiger partial charge in [-0.15, -0.1) is 0 Å². The van der Waals surface area contributed by atoms with Gasteiger partial charge >= 0.3 is 5.63 Å². The third-order valence-electron chi connectivity index (χ3n) is 6.06. The number of nitrogens with zero attached hydrogens (tertiary/aromatic N) is 3. The first-order valence-corrected chi connectivity index (χ1v) is 13.2. The van der Waals surface area contributed by atoms with Gasteiger partial charge in [0.2, 0.25) is 11.6 Å². The smallest absolute Gasteiger partial charge is 0.336 e. The molecule has 0 spiro atoms. The fraction of sp³-hybridized carbons (Fsp3) is 0.179. The molecule has 0 aliphatic carbocycles. The molecule has 0 atom stereocenters. The highest BCUT2D eigenvalue weighted by atomic mass is 32.1. The van der Waals surface area contributed by atoms with Crippen molar-refractivity contribution in [1.29, 1.82) is 0 Å². The molecule has 5 rings (SSSR count). The van der Waals surface area contributed by atoms with Gasteiger partial charge in [0.05, 0.1) is 21.3 Å². The molecule has 3 heterocycles. The van der Waals surface area contributed by atoms with Crippen molar-refractivity contribution >= 4 is 39.6 Å². The fourth-order valence-electron chi connectivity index (χ4n) is 4.09. The summed E-state index contributed by atoms with van der Waals surface area (Å²) >= 11 is 1.22. The Bertz CT molecular complexity index is 1820. The first kappa shape index (κ1) is 28.2. The molecule has 4 N–H and O–H groups in total. The van der Waals surface area contributed by atoms with Gasteiger partial charge in [-0.2, -0.15) is 4.98 Å². The lowest BCUT2D eigenvalue weighted by molar-refractivity contribution is 0.0992. The van der Waals surface area contributed by atoms with E-state index in [-0.39, 0.29) is 23.3 Å². The molecule has 42 heavy (non-hydrogen) atoms. The van der Waals surface area contributed by atoms with Crippen LogP contribution in [0, 0.1) is 13.8 Å². The molecular weight excluding hydrogens is 564 g/mol. The molecule has 216 valence electrons.